The van der Waals surface area contributed by atoms with Gasteiger partial charge in [0.2, 0.25) is 6.29 Å². The van der Waals surface area contributed by atoms with Gasteiger partial charge in [-0.3, -0.25) is 4.79 Å². The molecule has 5 atom stereocenters. The zero-order valence-corrected chi connectivity index (χ0v) is 35.0. The van der Waals surface area contributed by atoms with Crippen molar-refractivity contribution in [2.75, 3.05) is 0 Å². The van der Waals surface area contributed by atoms with Crippen LogP contribution in [-0.2, 0) is 41.3 Å². The molecule has 0 radical (unpaired) electrons. The Hall–Kier alpha value is -3.95. The van der Waals surface area contributed by atoms with Crippen molar-refractivity contribution in [2.45, 2.75) is 137 Å². The Balaban J connectivity index is 1.59. The van der Waals surface area contributed by atoms with Gasteiger partial charge in [-0.2, -0.15) is 0 Å². The average molecular weight is 756 g/mol. The Morgan fingerprint density at radius 1 is 0.852 bits per heavy atom. The van der Waals surface area contributed by atoms with Crippen molar-refractivity contribution < 1.29 is 33.0 Å². The van der Waals surface area contributed by atoms with Crippen molar-refractivity contribution in [1.82, 2.24) is 4.90 Å². The second-order valence-corrected chi connectivity index (χ2v) is 22.1. The quantitative estimate of drug-likeness (QED) is 0.119. The van der Waals surface area contributed by atoms with Crippen LogP contribution in [0.4, 0.5) is 4.79 Å². The molecule has 3 aromatic rings. The summed E-state index contributed by atoms with van der Waals surface area (Å²) in [5, 5.41) is 1.84. The fourth-order valence-electron chi connectivity index (χ4n) is 9.11. The van der Waals surface area contributed by atoms with Crippen LogP contribution in [0.15, 0.2) is 78.4 Å². The summed E-state index contributed by atoms with van der Waals surface area (Å²) in [6.07, 6.45) is 2.38. The lowest BCUT2D eigenvalue weighted by Gasteiger charge is -2.42. The number of benzene rings is 3. The van der Waals surface area contributed by atoms with Crippen molar-refractivity contribution in [2.24, 2.45) is 17.8 Å². The standard InChI is InChI=1S/C45H61NO7Si/c1-28(2)36-22-20-32(9)24-41(36)51-42-25-39(44(48)52-42)43(50-33(10)47)38-23-21-35-18-14-15-19-37(35)40(38)27-46(26-34-16-12-11-13-17-34)45(49)53-54(29(3)4,30(5)6)31(7)8/h11-19,21,23,25,28-32,36,41-43H,20,22,24,26-27H2,1-10H3/t32-,36+,41-,42-,43+/m1/s1. The number of esters is 2. The molecule has 8 nitrogen and oxygen atoms in total. The predicted molar refractivity (Wildman–Crippen MR) is 216 cm³/mol. The fourth-order valence-corrected chi connectivity index (χ4v) is 14.3. The molecule has 9 heteroatoms. The molecule has 1 aliphatic carbocycles. The van der Waals surface area contributed by atoms with Gasteiger partial charge >= 0.3 is 18.0 Å². The molecule has 5 rings (SSSR count). The highest BCUT2D eigenvalue weighted by molar-refractivity contribution is 6.78. The molecule has 292 valence electrons. The largest absolute Gasteiger partial charge is 0.503 e. The second kappa shape index (κ2) is 17.7. The normalized spacial score (nSPS) is 21.1. The Morgan fingerprint density at radius 3 is 2.13 bits per heavy atom. The predicted octanol–water partition coefficient (Wildman–Crippen LogP) is 11.0. The molecule has 54 heavy (non-hydrogen) atoms. The number of ether oxygens (including phenoxy) is 3. The van der Waals surface area contributed by atoms with E-state index in [2.05, 4.69) is 62.3 Å². The van der Waals surface area contributed by atoms with Crippen molar-refractivity contribution in [3.8, 4) is 0 Å². The molecule has 0 unspecified atom stereocenters. The number of carbonyl (C=O) groups excluding carboxylic acids is 3. The third-order valence-electron chi connectivity index (χ3n) is 11.8. The molecule has 1 amide bonds. The average Bonchev–Trinajstić information content (AvgIpc) is 3.48. The fraction of sp³-hybridized carbons (Fsp3) is 0.533. The van der Waals surface area contributed by atoms with Crippen LogP contribution in [0, 0.1) is 17.8 Å². The monoisotopic (exact) mass is 755 g/mol. The van der Waals surface area contributed by atoms with Gasteiger partial charge in [0.1, 0.15) is 0 Å². The van der Waals surface area contributed by atoms with Crippen molar-refractivity contribution in [3.05, 3.63) is 95.1 Å². The summed E-state index contributed by atoms with van der Waals surface area (Å²) in [6.45, 7) is 21.4. The van der Waals surface area contributed by atoms with Crippen LogP contribution in [0.5, 0.6) is 0 Å². The SMILES string of the molecule is CC(=O)O[C@H](C1=C[C@H](O[C@@H]2C[C@H](C)CC[C@H]2C(C)C)OC1=O)c1ccc2ccccc2c1CN(Cc1ccccc1)C(=O)O[Si](C(C)C)(C(C)C)C(C)C. The summed E-state index contributed by atoms with van der Waals surface area (Å²) in [6, 6.07) is 21.7. The molecule has 0 bridgehead atoms. The molecule has 1 heterocycles. The first-order valence-corrected chi connectivity index (χ1v) is 22.0. The topological polar surface area (TPSA) is 91.4 Å². The van der Waals surface area contributed by atoms with Gasteiger partial charge in [-0.15, -0.1) is 0 Å². The third-order valence-corrected chi connectivity index (χ3v) is 17.7. The number of nitrogens with zero attached hydrogens (tertiary/aromatic N) is 1. The maximum atomic E-state index is 14.7. The third kappa shape index (κ3) is 9.11. The molecular formula is C45H61NO7Si. The second-order valence-electron chi connectivity index (χ2n) is 16.8. The maximum absolute atomic E-state index is 14.7. The summed E-state index contributed by atoms with van der Waals surface area (Å²) in [5.74, 6) is 0.169. The van der Waals surface area contributed by atoms with Crippen molar-refractivity contribution >= 4 is 37.1 Å². The molecule has 2 aliphatic rings. The highest BCUT2D eigenvalue weighted by atomic mass is 28.4. The van der Waals surface area contributed by atoms with Crippen LogP contribution in [0.25, 0.3) is 10.8 Å². The minimum Gasteiger partial charge on any atom is -0.503 e. The molecule has 0 aromatic heterocycles. The van der Waals surface area contributed by atoms with E-state index < -0.39 is 32.6 Å². The lowest BCUT2D eigenvalue weighted by atomic mass is 9.75. The number of hydrogen-bond acceptors (Lipinski definition) is 7. The smallest absolute Gasteiger partial charge is 0.396 e. The zero-order valence-electron chi connectivity index (χ0n) is 34.0. The van der Waals surface area contributed by atoms with Crippen LogP contribution in [0.2, 0.25) is 16.6 Å². The maximum Gasteiger partial charge on any atom is 0.396 e. The highest BCUT2D eigenvalue weighted by Gasteiger charge is 2.49. The van der Waals surface area contributed by atoms with Crippen LogP contribution < -0.4 is 0 Å². The van der Waals surface area contributed by atoms with E-state index >= 15 is 0 Å². The minimum absolute atomic E-state index is 0.0544. The van der Waals surface area contributed by atoms with Gasteiger partial charge in [0.25, 0.3) is 8.32 Å². The molecule has 1 aliphatic heterocycles. The van der Waals surface area contributed by atoms with E-state index in [1.165, 1.54) is 6.92 Å². The van der Waals surface area contributed by atoms with E-state index in [-0.39, 0.29) is 40.9 Å². The first-order valence-electron chi connectivity index (χ1n) is 19.9. The van der Waals surface area contributed by atoms with Crippen LogP contribution in [0.1, 0.15) is 111 Å². The van der Waals surface area contributed by atoms with Gasteiger partial charge in [0.05, 0.1) is 18.2 Å². The van der Waals surface area contributed by atoms with Crippen LogP contribution in [-0.4, -0.2) is 43.6 Å². The van der Waals surface area contributed by atoms with Gasteiger partial charge in [-0.1, -0.05) is 135 Å². The van der Waals surface area contributed by atoms with Crippen LogP contribution in [0.3, 0.4) is 0 Å². The summed E-state index contributed by atoms with van der Waals surface area (Å²) < 4.78 is 25.2. The molecular weight excluding hydrogens is 695 g/mol. The van der Waals surface area contributed by atoms with E-state index in [0.717, 1.165) is 41.2 Å². The lowest BCUT2D eigenvalue weighted by Crippen LogP contribution is -2.51. The molecule has 1 saturated carbocycles. The van der Waals surface area contributed by atoms with E-state index in [1.54, 1.807) is 11.0 Å². The van der Waals surface area contributed by atoms with Gasteiger partial charge in [0.15, 0.2) is 6.10 Å². The van der Waals surface area contributed by atoms with E-state index in [0.29, 0.717) is 29.9 Å². The Labute approximate surface area is 323 Å². The summed E-state index contributed by atoms with van der Waals surface area (Å²) in [4.78, 5) is 43.0. The summed E-state index contributed by atoms with van der Waals surface area (Å²) in [7, 11) is -2.62. The Kier molecular flexibility index (Phi) is 13.5. The van der Waals surface area contributed by atoms with Crippen LogP contribution >= 0.6 is 0 Å². The number of fused-ring (bicyclic) bond motifs is 1. The van der Waals surface area contributed by atoms with Gasteiger partial charge in [-0.05, 0) is 75.2 Å². The Bertz CT molecular complexity index is 1780. The number of carbonyl (C=O) groups is 3. The number of cyclic esters (lactones) is 1. The van der Waals surface area contributed by atoms with Gasteiger partial charge < -0.3 is 23.5 Å². The molecule has 3 aromatic carbocycles. The van der Waals surface area contributed by atoms with Crippen molar-refractivity contribution in [3.63, 3.8) is 0 Å². The highest BCUT2D eigenvalue weighted by Crippen LogP contribution is 2.44. The Morgan fingerprint density at radius 2 is 1.50 bits per heavy atom. The minimum atomic E-state index is -2.62. The van der Waals surface area contributed by atoms with E-state index in [9.17, 15) is 14.4 Å². The van der Waals surface area contributed by atoms with E-state index in [1.807, 2.05) is 66.7 Å². The molecule has 0 spiro atoms. The lowest BCUT2D eigenvalue weighted by molar-refractivity contribution is -0.179. The number of rotatable bonds is 14. The van der Waals surface area contributed by atoms with Crippen molar-refractivity contribution in [1.29, 1.82) is 0 Å². The summed E-state index contributed by atoms with van der Waals surface area (Å²) >= 11 is 0. The molecule has 1 fully saturated rings. The number of amides is 1. The first-order chi connectivity index (χ1) is 25.6. The van der Waals surface area contributed by atoms with E-state index in [4.69, 9.17) is 18.6 Å². The molecule has 0 saturated heterocycles. The van der Waals surface area contributed by atoms with Gasteiger partial charge in [0, 0.05) is 19.0 Å². The first kappa shape index (κ1) is 41.2. The van der Waals surface area contributed by atoms with Gasteiger partial charge in [-0.25, -0.2) is 9.59 Å². The summed E-state index contributed by atoms with van der Waals surface area (Å²) in [5.41, 5.74) is 3.12. The molecule has 0 N–H and O–H groups in total. The number of hydrogen-bond donors (Lipinski definition) is 0. The zero-order chi connectivity index (χ0) is 39.3.